The Kier molecular flexibility index (Phi) is 59.6. The van der Waals surface area contributed by atoms with Crippen molar-refractivity contribution in [1.82, 2.24) is 0 Å². The van der Waals surface area contributed by atoms with E-state index in [0.29, 0.717) is 12.2 Å². The maximum absolute atomic E-state index is 11.4. The van der Waals surface area contributed by atoms with Crippen molar-refractivity contribution in [2.24, 2.45) is 0 Å². The Balaban J connectivity index is 3.08. The zero-order valence-electron chi connectivity index (χ0n) is 46.2. The van der Waals surface area contributed by atoms with Crippen LogP contribution in [0, 0.1) is 0 Å². The van der Waals surface area contributed by atoms with Crippen LogP contribution < -0.4 is 0 Å². The van der Waals surface area contributed by atoms with Gasteiger partial charge in [-0.25, -0.2) is 4.79 Å². The number of carbonyl (C=O) groups excluding carboxylic acids is 1. The molecule has 2 nitrogen and oxygen atoms in total. The van der Waals surface area contributed by atoms with E-state index in [1.165, 1.54) is 366 Å². The number of hydrogen-bond acceptors (Lipinski definition) is 2. The van der Waals surface area contributed by atoms with Crippen LogP contribution in [0.1, 0.15) is 386 Å². The highest BCUT2D eigenvalue weighted by molar-refractivity contribution is 5.86. The summed E-state index contributed by atoms with van der Waals surface area (Å²) < 4.78 is 5.16. The molecule has 2 heteroatoms. The van der Waals surface area contributed by atoms with E-state index in [2.05, 4.69) is 13.5 Å². The third-order valence-corrected chi connectivity index (χ3v) is 15.1. The van der Waals surface area contributed by atoms with Gasteiger partial charge in [-0.2, -0.15) is 0 Å². The van der Waals surface area contributed by atoms with Gasteiger partial charge in [0.1, 0.15) is 0 Å². The largest absolute Gasteiger partial charge is 0.462 e. The van der Waals surface area contributed by atoms with Gasteiger partial charge >= 0.3 is 5.97 Å². The lowest BCUT2D eigenvalue weighted by Crippen LogP contribution is -2.05. The van der Waals surface area contributed by atoms with E-state index in [1.54, 1.807) is 6.92 Å². The predicted octanol–water partition coefficient (Wildman–Crippen LogP) is 23.8. The maximum atomic E-state index is 11.4. The summed E-state index contributed by atoms with van der Waals surface area (Å²) in [4.78, 5) is 11.4. The standard InChI is InChI=1S/C64H126O2/c1-4-5-6-7-8-9-10-11-12-13-14-15-16-17-18-19-20-21-22-23-24-25-26-27-28-29-30-31-32-33-34-35-36-37-38-39-40-41-42-43-44-45-46-47-48-49-50-51-52-53-54-55-56-57-58-59-60-61-62-66-64(65)63(2)3/h2,4-62H2,1,3H3. The fourth-order valence-corrected chi connectivity index (χ4v) is 10.4. The second-order valence-corrected chi connectivity index (χ2v) is 22.1. The molecule has 394 valence electrons. The van der Waals surface area contributed by atoms with Gasteiger partial charge in [-0.05, 0) is 13.3 Å². The van der Waals surface area contributed by atoms with Crippen molar-refractivity contribution >= 4 is 5.97 Å². The van der Waals surface area contributed by atoms with Gasteiger partial charge in [0.25, 0.3) is 0 Å². The quantitative estimate of drug-likeness (QED) is 0.0345. The first-order valence-electron chi connectivity index (χ1n) is 31.5. The minimum atomic E-state index is -0.247. The lowest BCUT2D eigenvalue weighted by Gasteiger charge is -2.05. The van der Waals surface area contributed by atoms with Gasteiger partial charge in [0.2, 0.25) is 0 Å². The summed E-state index contributed by atoms with van der Waals surface area (Å²) in [5, 5.41) is 0. The van der Waals surface area contributed by atoms with E-state index in [0.717, 1.165) is 6.42 Å². The van der Waals surface area contributed by atoms with Gasteiger partial charge < -0.3 is 4.74 Å². The van der Waals surface area contributed by atoms with Gasteiger partial charge in [-0.15, -0.1) is 0 Å². The number of esters is 1. The third-order valence-electron chi connectivity index (χ3n) is 15.1. The topological polar surface area (TPSA) is 26.3 Å². The van der Waals surface area contributed by atoms with Crippen LogP contribution in [0.15, 0.2) is 12.2 Å². The normalized spacial score (nSPS) is 11.5. The Labute approximate surface area is 418 Å². The van der Waals surface area contributed by atoms with Crippen LogP contribution in [0.2, 0.25) is 0 Å². The van der Waals surface area contributed by atoms with Crippen molar-refractivity contribution < 1.29 is 9.53 Å². The van der Waals surface area contributed by atoms with Crippen molar-refractivity contribution in [1.29, 1.82) is 0 Å². The molecule has 0 atom stereocenters. The van der Waals surface area contributed by atoms with Gasteiger partial charge in [0.05, 0.1) is 6.61 Å². The van der Waals surface area contributed by atoms with Crippen molar-refractivity contribution in [2.75, 3.05) is 6.61 Å². The molecule has 0 fully saturated rings. The number of rotatable bonds is 60. The summed E-state index contributed by atoms with van der Waals surface area (Å²) in [6.07, 6.45) is 84.4. The summed E-state index contributed by atoms with van der Waals surface area (Å²) in [6, 6.07) is 0. The fraction of sp³-hybridized carbons (Fsp3) is 0.953. The van der Waals surface area contributed by atoms with Crippen molar-refractivity contribution in [3.05, 3.63) is 12.2 Å². The molecule has 0 aliphatic heterocycles. The highest BCUT2D eigenvalue weighted by Gasteiger charge is 2.03. The van der Waals surface area contributed by atoms with Crippen LogP contribution in [0.3, 0.4) is 0 Å². The first-order chi connectivity index (χ1) is 32.7. The lowest BCUT2D eigenvalue weighted by atomic mass is 10.0. The SMILES string of the molecule is C=C(C)C(=O)OCCCCCCCCCCCCCCCCCCCCCCCCCCCCCCCCCCCCCCCCCCCCCCCCCCCCCCCCCCCC. The molecule has 0 saturated heterocycles. The van der Waals surface area contributed by atoms with Crippen molar-refractivity contribution in [2.45, 2.75) is 386 Å². The second-order valence-electron chi connectivity index (χ2n) is 22.1. The molecule has 0 spiro atoms. The van der Waals surface area contributed by atoms with Crippen LogP contribution in [0.5, 0.6) is 0 Å². The number of carbonyl (C=O) groups is 1. The van der Waals surface area contributed by atoms with E-state index in [4.69, 9.17) is 4.74 Å². The van der Waals surface area contributed by atoms with Crippen LogP contribution in [0.25, 0.3) is 0 Å². The first-order valence-corrected chi connectivity index (χ1v) is 31.5. The van der Waals surface area contributed by atoms with Crippen LogP contribution >= 0.6 is 0 Å². The molecule has 66 heavy (non-hydrogen) atoms. The van der Waals surface area contributed by atoms with Crippen LogP contribution in [-0.4, -0.2) is 12.6 Å². The maximum Gasteiger partial charge on any atom is 0.333 e. The molecule has 0 amide bonds. The fourth-order valence-electron chi connectivity index (χ4n) is 10.4. The predicted molar refractivity (Wildman–Crippen MR) is 299 cm³/mol. The molecular formula is C64H126O2. The van der Waals surface area contributed by atoms with Gasteiger partial charge in [0, 0.05) is 5.57 Å². The Bertz CT molecular complexity index is 893. The minimum Gasteiger partial charge on any atom is -0.462 e. The van der Waals surface area contributed by atoms with Crippen molar-refractivity contribution in [3.8, 4) is 0 Å². The van der Waals surface area contributed by atoms with E-state index in [1.807, 2.05) is 0 Å². The Morgan fingerprint density at radius 3 is 0.485 bits per heavy atom. The highest BCUT2D eigenvalue weighted by Crippen LogP contribution is 2.20. The molecule has 0 aromatic heterocycles. The number of unbranched alkanes of at least 4 members (excludes halogenated alkanes) is 57. The summed E-state index contributed by atoms with van der Waals surface area (Å²) in [6.45, 7) is 8.19. The van der Waals surface area contributed by atoms with E-state index >= 15 is 0 Å². The molecule has 0 rings (SSSR count). The zero-order chi connectivity index (χ0) is 47.6. The van der Waals surface area contributed by atoms with Gasteiger partial charge in [-0.3, -0.25) is 0 Å². The molecule has 0 aromatic rings. The molecule has 0 heterocycles. The number of hydrogen-bond donors (Lipinski definition) is 0. The second kappa shape index (κ2) is 60.3. The monoisotopic (exact) mass is 927 g/mol. The van der Waals surface area contributed by atoms with E-state index in [9.17, 15) is 4.79 Å². The summed E-state index contributed by atoms with van der Waals surface area (Å²) in [5.74, 6) is -0.247. The molecule has 0 N–H and O–H groups in total. The third kappa shape index (κ3) is 59.3. The zero-order valence-corrected chi connectivity index (χ0v) is 46.2. The summed E-state index contributed by atoms with van der Waals surface area (Å²) in [5.41, 5.74) is 0.498. The highest BCUT2D eigenvalue weighted by atomic mass is 16.5. The number of ether oxygens (including phenoxy) is 1. The molecule has 0 unspecified atom stereocenters. The van der Waals surface area contributed by atoms with E-state index < -0.39 is 0 Å². The Morgan fingerprint density at radius 1 is 0.242 bits per heavy atom. The first kappa shape index (κ1) is 65.2. The minimum absolute atomic E-state index is 0.247. The molecular weight excluding hydrogens is 801 g/mol. The van der Waals surface area contributed by atoms with Gasteiger partial charge in [0.15, 0.2) is 0 Å². The summed E-state index contributed by atoms with van der Waals surface area (Å²) in [7, 11) is 0. The molecule has 0 aliphatic carbocycles. The smallest absolute Gasteiger partial charge is 0.333 e. The molecule has 0 bridgehead atoms. The van der Waals surface area contributed by atoms with Gasteiger partial charge in [-0.1, -0.05) is 379 Å². The molecule has 0 aliphatic rings. The average Bonchev–Trinajstić information content (AvgIpc) is 3.32. The molecule has 0 saturated carbocycles. The summed E-state index contributed by atoms with van der Waals surface area (Å²) >= 11 is 0. The van der Waals surface area contributed by atoms with Crippen LogP contribution in [-0.2, 0) is 9.53 Å². The molecule has 0 radical (unpaired) electrons. The van der Waals surface area contributed by atoms with Crippen molar-refractivity contribution in [3.63, 3.8) is 0 Å². The van der Waals surface area contributed by atoms with E-state index in [-0.39, 0.29) is 5.97 Å². The Hall–Kier alpha value is -0.790. The average molecular weight is 928 g/mol. The van der Waals surface area contributed by atoms with Crippen LogP contribution in [0.4, 0.5) is 0 Å². The Morgan fingerprint density at radius 2 is 0.364 bits per heavy atom. The lowest BCUT2D eigenvalue weighted by molar-refractivity contribution is -0.139. The molecule has 0 aromatic carbocycles.